The first kappa shape index (κ1) is 10.4. The number of rotatable bonds is 4. The van der Waals surface area contributed by atoms with Crippen LogP contribution in [0.5, 0.6) is 0 Å². The van der Waals surface area contributed by atoms with Crippen LogP contribution in [0, 0.1) is 0 Å². The van der Waals surface area contributed by atoms with Crippen molar-refractivity contribution in [3.05, 3.63) is 23.9 Å². The van der Waals surface area contributed by atoms with Crippen molar-refractivity contribution in [3.8, 4) is 0 Å². The molecule has 0 aromatic carbocycles. The van der Waals surface area contributed by atoms with Crippen LogP contribution in [0.4, 0.5) is 5.82 Å². The molecule has 0 fully saturated rings. The fourth-order valence-electron chi connectivity index (χ4n) is 0.858. The molecule has 0 atom stereocenters. The second-order valence-corrected chi connectivity index (χ2v) is 3.05. The monoisotopic (exact) mass is 210 g/mol. The van der Waals surface area contributed by atoms with Crippen molar-refractivity contribution in [3.63, 3.8) is 0 Å². The van der Waals surface area contributed by atoms with Crippen molar-refractivity contribution >= 4 is 28.9 Å². The quantitative estimate of drug-likeness (QED) is 0.588. The zero-order valence-electron chi connectivity index (χ0n) is 7.36. The maximum atomic E-state index is 10.5. The number of pyridine rings is 1. The first-order chi connectivity index (χ1) is 6.59. The molecule has 1 aromatic rings. The third kappa shape index (κ3) is 2.98. The molecule has 0 aliphatic rings. The summed E-state index contributed by atoms with van der Waals surface area (Å²) in [6.07, 6.45) is 1.55. The molecule has 0 aliphatic heterocycles. The normalized spacial score (nSPS) is 9.43. The van der Waals surface area contributed by atoms with Gasteiger partial charge >= 0.3 is 0 Å². The highest BCUT2D eigenvalue weighted by atomic mass is 32.1. The number of thiocarbonyl (C=S) groups is 1. The first-order valence-corrected chi connectivity index (χ1v) is 4.28. The van der Waals surface area contributed by atoms with Crippen LogP contribution in [-0.2, 0) is 4.79 Å². The van der Waals surface area contributed by atoms with Crippen molar-refractivity contribution in [1.29, 1.82) is 0 Å². The molecule has 1 heterocycles. The third-order valence-corrected chi connectivity index (χ3v) is 1.72. The van der Waals surface area contributed by atoms with Gasteiger partial charge in [-0.25, -0.2) is 4.98 Å². The van der Waals surface area contributed by atoms with Gasteiger partial charge < -0.3 is 16.8 Å². The van der Waals surface area contributed by atoms with E-state index in [-0.39, 0.29) is 11.5 Å². The fraction of sp³-hybridized carbons (Fsp3) is 0.125. The summed E-state index contributed by atoms with van der Waals surface area (Å²) in [5.74, 6) is 0.0710. The van der Waals surface area contributed by atoms with E-state index in [1.54, 1.807) is 18.3 Å². The zero-order valence-corrected chi connectivity index (χ0v) is 8.17. The van der Waals surface area contributed by atoms with Gasteiger partial charge in [-0.15, -0.1) is 0 Å². The number of hydrogen-bond acceptors (Lipinski definition) is 4. The van der Waals surface area contributed by atoms with Gasteiger partial charge in [0.15, 0.2) is 0 Å². The minimum atomic E-state index is -0.451. The molecule has 1 amide bonds. The number of hydrogen-bond donors (Lipinski definition) is 3. The van der Waals surface area contributed by atoms with E-state index in [4.69, 9.17) is 23.7 Å². The van der Waals surface area contributed by atoms with Crippen LogP contribution in [0.25, 0.3) is 0 Å². The molecule has 0 unspecified atom stereocenters. The van der Waals surface area contributed by atoms with Gasteiger partial charge in [-0.1, -0.05) is 12.2 Å². The summed E-state index contributed by atoms with van der Waals surface area (Å²) in [6, 6.07) is 3.35. The molecule has 74 valence electrons. The number of nitrogens with one attached hydrogen (secondary N) is 1. The molecule has 5 nitrogen and oxygen atoms in total. The average Bonchev–Trinajstić information content (AvgIpc) is 2.15. The minimum Gasteiger partial charge on any atom is -0.389 e. The van der Waals surface area contributed by atoms with E-state index in [1.807, 2.05) is 0 Å². The Bertz CT molecular complexity index is 366. The van der Waals surface area contributed by atoms with Crippen molar-refractivity contribution in [1.82, 2.24) is 4.98 Å². The summed E-state index contributed by atoms with van der Waals surface area (Å²) in [5, 5.41) is 2.74. The maximum Gasteiger partial charge on any atom is 0.236 e. The van der Waals surface area contributed by atoms with Crippen LogP contribution in [0.15, 0.2) is 18.3 Å². The van der Waals surface area contributed by atoms with Gasteiger partial charge in [0.1, 0.15) is 10.8 Å². The molecule has 1 aromatic heterocycles. The lowest BCUT2D eigenvalue weighted by atomic mass is 10.2. The standard InChI is InChI=1S/C8H10N4OS/c9-6(13)4-12-7-3-5(8(10)14)1-2-11-7/h1-3H,4H2,(H2,9,13)(H2,10,14)(H,11,12). The van der Waals surface area contributed by atoms with Crippen LogP contribution >= 0.6 is 12.2 Å². The molecule has 0 aliphatic carbocycles. The number of carbonyl (C=O) groups excluding carboxylic acids is 1. The Kier molecular flexibility index (Phi) is 3.35. The van der Waals surface area contributed by atoms with Crippen molar-refractivity contribution in [2.45, 2.75) is 0 Å². The molecule has 0 saturated carbocycles. The Morgan fingerprint density at radius 3 is 2.86 bits per heavy atom. The van der Waals surface area contributed by atoms with E-state index in [0.29, 0.717) is 11.4 Å². The molecule has 14 heavy (non-hydrogen) atoms. The number of anilines is 1. The Morgan fingerprint density at radius 2 is 2.29 bits per heavy atom. The third-order valence-electron chi connectivity index (χ3n) is 1.49. The number of amides is 1. The highest BCUT2D eigenvalue weighted by Gasteiger charge is 2.00. The second-order valence-electron chi connectivity index (χ2n) is 2.61. The highest BCUT2D eigenvalue weighted by molar-refractivity contribution is 7.80. The van der Waals surface area contributed by atoms with Crippen molar-refractivity contribution in [2.24, 2.45) is 11.5 Å². The first-order valence-electron chi connectivity index (χ1n) is 3.87. The van der Waals surface area contributed by atoms with E-state index in [9.17, 15) is 4.79 Å². The Morgan fingerprint density at radius 1 is 1.57 bits per heavy atom. The van der Waals surface area contributed by atoms with E-state index < -0.39 is 5.91 Å². The second kappa shape index (κ2) is 4.52. The molecule has 6 heteroatoms. The lowest BCUT2D eigenvalue weighted by molar-refractivity contribution is -0.116. The fourth-order valence-corrected chi connectivity index (χ4v) is 0.985. The predicted molar refractivity (Wildman–Crippen MR) is 57.8 cm³/mol. The van der Waals surface area contributed by atoms with Crippen molar-refractivity contribution < 1.29 is 4.79 Å². The summed E-state index contributed by atoms with van der Waals surface area (Å²) in [4.78, 5) is 14.7. The molecule has 5 N–H and O–H groups in total. The van der Waals surface area contributed by atoms with Gasteiger partial charge in [0.25, 0.3) is 0 Å². The number of nitrogens with two attached hydrogens (primary N) is 2. The summed E-state index contributed by atoms with van der Waals surface area (Å²) in [7, 11) is 0. The number of primary amides is 1. The van der Waals surface area contributed by atoms with E-state index in [0.717, 1.165) is 0 Å². The lowest BCUT2D eigenvalue weighted by Gasteiger charge is -2.04. The zero-order chi connectivity index (χ0) is 10.6. The Balaban J connectivity index is 2.73. The van der Waals surface area contributed by atoms with Crippen LogP contribution in [0.3, 0.4) is 0 Å². The number of carbonyl (C=O) groups is 1. The summed E-state index contributed by atoms with van der Waals surface area (Å²) < 4.78 is 0. The molecule has 0 bridgehead atoms. The van der Waals surface area contributed by atoms with Crippen molar-refractivity contribution in [2.75, 3.05) is 11.9 Å². The maximum absolute atomic E-state index is 10.5. The molecule has 0 saturated heterocycles. The Labute approximate surface area is 86.5 Å². The van der Waals surface area contributed by atoms with Crippen LogP contribution in [0.2, 0.25) is 0 Å². The topological polar surface area (TPSA) is 94.0 Å². The molecular formula is C8H10N4OS. The summed E-state index contributed by atoms with van der Waals surface area (Å²) in [5.41, 5.74) is 11.1. The van der Waals surface area contributed by atoms with Gasteiger partial charge in [-0.05, 0) is 12.1 Å². The minimum absolute atomic E-state index is 0.0355. The molecule has 1 rings (SSSR count). The van der Waals surface area contributed by atoms with Gasteiger partial charge in [0.05, 0.1) is 6.54 Å². The van der Waals surface area contributed by atoms with Gasteiger partial charge in [-0.2, -0.15) is 0 Å². The highest BCUT2D eigenvalue weighted by Crippen LogP contribution is 2.05. The average molecular weight is 210 g/mol. The number of aromatic nitrogens is 1. The summed E-state index contributed by atoms with van der Waals surface area (Å²) in [6.45, 7) is 0.0355. The molecule has 0 radical (unpaired) electrons. The largest absolute Gasteiger partial charge is 0.389 e. The number of nitrogens with zero attached hydrogens (tertiary/aromatic N) is 1. The van der Waals surface area contributed by atoms with E-state index in [2.05, 4.69) is 10.3 Å². The van der Waals surface area contributed by atoms with E-state index in [1.165, 1.54) is 0 Å². The van der Waals surface area contributed by atoms with Crippen LogP contribution < -0.4 is 16.8 Å². The van der Waals surface area contributed by atoms with Crippen LogP contribution in [-0.4, -0.2) is 22.4 Å². The predicted octanol–water partition coefficient (Wildman–Crippen LogP) is -0.387. The molecular weight excluding hydrogens is 200 g/mol. The molecule has 0 spiro atoms. The van der Waals surface area contributed by atoms with Crippen LogP contribution in [0.1, 0.15) is 5.56 Å². The summed E-state index contributed by atoms with van der Waals surface area (Å²) >= 11 is 4.79. The van der Waals surface area contributed by atoms with E-state index >= 15 is 0 Å². The lowest BCUT2D eigenvalue weighted by Crippen LogP contribution is -2.22. The SMILES string of the molecule is NC(=O)CNc1cc(C(N)=S)ccn1. The smallest absolute Gasteiger partial charge is 0.236 e. The van der Waals surface area contributed by atoms with Gasteiger partial charge in [0, 0.05) is 11.8 Å². The van der Waals surface area contributed by atoms with Gasteiger partial charge in [0.2, 0.25) is 5.91 Å². The van der Waals surface area contributed by atoms with Gasteiger partial charge in [-0.3, -0.25) is 4.79 Å². The Hall–Kier alpha value is -1.69.